The largest absolute Gasteiger partial charge is 0.468 e. The molecule has 5 heteroatoms. The third-order valence-electron chi connectivity index (χ3n) is 4.79. The molecule has 1 atom stereocenters. The molecule has 0 spiro atoms. The van der Waals surface area contributed by atoms with Crippen LogP contribution in [0, 0.1) is 5.92 Å². The molecule has 1 heterocycles. The smallest absolute Gasteiger partial charge is 0.327 e. The lowest BCUT2D eigenvalue weighted by Gasteiger charge is -2.35. The number of nitrogens with one attached hydrogen (secondary N) is 1. The highest BCUT2D eigenvalue weighted by Gasteiger charge is 2.51. The Morgan fingerprint density at radius 1 is 1.40 bits per heavy atom. The molecule has 1 aliphatic heterocycles. The van der Waals surface area contributed by atoms with Crippen molar-refractivity contribution in [3.8, 4) is 0 Å². The van der Waals surface area contributed by atoms with Crippen molar-refractivity contribution in [3.63, 3.8) is 0 Å². The van der Waals surface area contributed by atoms with E-state index in [1.54, 1.807) is 0 Å². The summed E-state index contributed by atoms with van der Waals surface area (Å²) in [6, 6.07) is 0. The van der Waals surface area contributed by atoms with Gasteiger partial charge in [-0.2, -0.15) is 0 Å². The molecule has 0 aromatic rings. The van der Waals surface area contributed by atoms with Crippen LogP contribution in [0.5, 0.6) is 0 Å². The molecular weight excluding hydrogens is 254 g/mol. The minimum Gasteiger partial charge on any atom is -0.468 e. The van der Waals surface area contributed by atoms with E-state index in [-0.39, 0.29) is 5.97 Å². The number of esters is 1. The Morgan fingerprint density at radius 2 is 2.05 bits per heavy atom. The molecule has 5 nitrogen and oxygen atoms in total. The molecule has 0 aromatic heterocycles. The average molecular weight is 283 g/mol. The van der Waals surface area contributed by atoms with Gasteiger partial charge in [0.15, 0.2) is 0 Å². The van der Waals surface area contributed by atoms with Gasteiger partial charge in [0.25, 0.3) is 0 Å². The molecule has 0 amide bonds. The van der Waals surface area contributed by atoms with Crippen LogP contribution in [0.25, 0.3) is 0 Å². The van der Waals surface area contributed by atoms with Gasteiger partial charge in [-0.15, -0.1) is 0 Å². The van der Waals surface area contributed by atoms with Crippen LogP contribution in [0.1, 0.15) is 25.7 Å². The lowest BCUT2D eigenvalue weighted by molar-refractivity contribution is -0.150. The molecule has 20 heavy (non-hydrogen) atoms. The molecule has 1 unspecified atom stereocenters. The molecule has 0 radical (unpaired) electrons. The zero-order chi connectivity index (χ0) is 14.6. The van der Waals surface area contributed by atoms with Crippen LogP contribution in [0.2, 0.25) is 0 Å². The summed E-state index contributed by atoms with van der Waals surface area (Å²) in [4.78, 5) is 17.0. The van der Waals surface area contributed by atoms with Crippen LogP contribution >= 0.6 is 0 Å². The molecule has 2 fully saturated rings. The van der Waals surface area contributed by atoms with Crippen molar-refractivity contribution < 1.29 is 9.53 Å². The maximum atomic E-state index is 12.2. The Bertz CT molecular complexity index is 327. The molecule has 1 aliphatic carbocycles. The van der Waals surface area contributed by atoms with Gasteiger partial charge in [-0.3, -0.25) is 0 Å². The maximum Gasteiger partial charge on any atom is 0.327 e. The Labute approximate surface area is 122 Å². The molecule has 1 N–H and O–H groups in total. The normalized spacial score (nSPS) is 23.0. The number of nitrogens with zero attached hydrogens (tertiary/aromatic N) is 2. The number of rotatable bonds is 8. The Hall–Kier alpha value is -0.650. The van der Waals surface area contributed by atoms with Crippen LogP contribution in [0.4, 0.5) is 0 Å². The Balaban J connectivity index is 1.87. The van der Waals surface area contributed by atoms with Gasteiger partial charge in [0.05, 0.1) is 7.11 Å². The summed E-state index contributed by atoms with van der Waals surface area (Å²) >= 11 is 0. The van der Waals surface area contributed by atoms with E-state index in [1.807, 2.05) is 7.05 Å². The van der Waals surface area contributed by atoms with Gasteiger partial charge in [0, 0.05) is 19.6 Å². The zero-order valence-corrected chi connectivity index (χ0v) is 13.2. The fraction of sp³-hybridized carbons (Fsp3) is 0.933. The number of ether oxygens (including phenoxy) is 1. The first-order valence-corrected chi connectivity index (χ1v) is 7.80. The predicted molar refractivity (Wildman–Crippen MR) is 79.7 cm³/mol. The first kappa shape index (κ1) is 15.7. The molecule has 2 aliphatic rings. The van der Waals surface area contributed by atoms with Crippen LogP contribution in [-0.4, -0.2) is 75.2 Å². The highest BCUT2D eigenvalue weighted by Crippen LogP contribution is 2.40. The van der Waals surface area contributed by atoms with Crippen molar-refractivity contribution in [1.29, 1.82) is 0 Å². The highest BCUT2D eigenvalue weighted by atomic mass is 16.5. The number of likely N-dealkylation sites (tertiary alicyclic amines) is 1. The number of hydrogen-bond donors (Lipinski definition) is 1. The molecule has 1 saturated heterocycles. The van der Waals surface area contributed by atoms with Crippen molar-refractivity contribution >= 4 is 5.97 Å². The second kappa shape index (κ2) is 6.87. The van der Waals surface area contributed by atoms with E-state index in [9.17, 15) is 4.79 Å². The third-order valence-corrected chi connectivity index (χ3v) is 4.79. The van der Waals surface area contributed by atoms with Gasteiger partial charge >= 0.3 is 5.97 Å². The third kappa shape index (κ3) is 3.51. The summed E-state index contributed by atoms with van der Waals surface area (Å²) in [5, 5.41) is 3.26. The standard InChI is InChI=1S/C15H29N3O2/c1-16-15(13-6-7-13,14(19)20-3)12-17(2)10-11-18-8-4-5-9-18/h13,16H,4-12H2,1-3H3. The van der Waals surface area contributed by atoms with Gasteiger partial charge in [-0.25, -0.2) is 4.79 Å². The number of methoxy groups -OCH3 is 1. The Kier molecular flexibility index (Phi) is 5.41. The summed E-state index contributed by atoms with van der Waals surface area (Å²) in [5.74, 6) is 0.310. The minimum atomic E-state index is -0.519. The summed E-state index contributed by atoms with van der Waals surface area (Å²) in [7, 11) is 5.47. The van der Waals surface area contributed by atoms with E-state index in [1.165, 1.54) is 33.0 Å². The fourth-order valence-electron chi connectivity index (χ4n) is 3.33. The van der Waals surface area contributed by atoms with Crippen molar-refractivity contribution in [2.24, 2.45) is 5.92 Å². The van der Waals surface area contributed by atoms with Gasteiger partial charge in [-0.1, -0.05) is 0 Å². The predicted octanol–water partition coefficient (Wildman–Crippen LogP) is 0.555. The molecule has 0 aromatic carbocycles. The molecule has 1 saturated carbocycles. The van der Waals surface area contributed by atoms with Gasteiger partial charge in [0.2, 0.25) is 0 Å². The topological polar surface area (TPSA) is 44.8 Å². The van der Waals surface area contributed by atoms with E-state index < -0.39 is 5.54 Å². The number of carbonyl (C=O) groups is 1. The first-order chi connectivity index (χ1) is 9.62. The molecular formula is C15H29N3O2. The quantitative estimate of drug-likeness (QED) is 0.659. The van der Waals surface area contributed by atoms with Crippen LogP contribution < -0.4 is 5.32 Å². The minimum absolute atomic E-state index is 0.115. The lowest BCUT2D eigenvalue weighted by atomic mass is 9.92. The van der Waals surface area contributed by atoms with Crippen molar-refractivity contribution in [2.45, 2.75) is 31.2 Å². The van der Waals surface area contributed by atoms with Gasteiger partial charge in [0.1, 0.15) is 5.54 Å². The summed E-state index contributed by atoms with van der Waals surface area (Å²) in [5.41, 5.74) is -0.519. The van der Waals surface area contributed by atoms with E-state index in [4.69, 9.17) is 4.74 Å². The lowest BCUT2D eigenvalue weighted by Crippen LogP contribution is -2.60. The second-order valence-corrected chi connectivity index (χ2v) is 6.27. The fourth-order valence-corrected chi connectivity index (χ4v) is 3.33. The molecule has 2 rings (SSSR count). The van der Waals surface area contributed by atoms with Crippen LogP contribution in [-0.2, 0) is 9.53 Å². The van der Waals surface area contributed by atoms with Crippen molar-refractivity contribution in [1.82, 2.24) is 15.1 Å². The number of carbonyl (C=O) groups excluding carboxylic acids is 1. The van der Waals surface area contributed by atoms with E-state index in [2.05, 4.69) is 22.2 Å². The maximum absolute atomic E-state index is 12.2. The number of hydrogen-bond acceptors (Lipinski definition) is 5. The average Bonchev–Trinajstić information content (AvgIpc) is 3.18. The summed E-state index contributed by atoms with van der Waals surface area (Å²) < 4.78 is 5.05. The zero-order valence-electron chi connectivity index (χ0n) is 13.2. The van der Waals surface area contributed by atoms with Crippen molar-refractivity contribution in [2.75, 3.05) is 53.9 Å². The van der Waals surface area contributed by atoms with E-state index in [0.29, 0.717) is 5.92 Å². The summed E-state index contributed by atoms with van der Waals surface area (Å²) in [6.07, 6.45) is 4.90. The highest BCUT2D eigenvalue weighted by molar-refractivity contribution is 5.82. The van der Waals surface area contributed by atoms with E-state index in [0.717, 1.165) is 32.5 Å². The number of likely N-dealkylation sites (N-methyl/N-ethyl adjacent to an activating group) is 2. The summed E-state index contributed by atoms with van der Waals surface area (Å²) in [6.45, 7) is 5.29. The van der Waals surface area contributed by atoms with Gasteiger partial charge in [-0.05, 0) is 58.8 Å². The molecule has 0 bridgehead atoms. The van der Waals surface area contributed by atoms with E-state index >= 15 is 0 Å². The van der Waals surface area contributed by atoms with Crippen molar-refractivity contribution in [3.05, 3.63) is 0 Å². The monoisotopic (exact) mass is 283 g/mol. The van der Waals surface area contributed by atoms with Crippen LogP contribution in [0.3, 0.4) is 0 Å². The second-order valence-electron chi connectivity index (χ2n) is 6.27. The van der Waals surface area contributed by atoms with Crippen LogP contribution in [0.15, 0.2) is 0 Å². The first-order valence-electron chi connectivity index (χ1n) is 7.80. The Morgan fingerprint density at radius 3 is 2.55 bits per heavy atom. The van der Waals surface area contributed by atoms with Gasteiger partial charge < -0.3 is 19.9 Å². The SMILES string of the molecule is CNC(CN(C)CCN1CCCC1)(C(=O)OC)C1CC1. The molecule has 116 valence electrons.